The van der Waals surface area contributed by atoms with Gasteiger partial charge in [-0.2, -0.15) is 0 Å². The molecule has 1 saturated carbocycles. The summed E-state index contributed by atoms with van der Waals surface area (Å²) in [7, 11) is 0. The molecule has 96 valence electrons. The molecule has 0 radical (unpaired) electrons. The van der Waals surface area contributed by atoms with Crippen LogP contribution >= 0.6 is 15.9 Å². The highest BCUT2D eigenvalue weighted by atomic mass is 79.9. The number of carbonyl (C=O) groups excluding carboxylic acids is 2. The Bertz CT molecular complexity index is 310. The maximum Gasteiger partial charge on any atom is 0.236 e. The lowest BCUT2D eigenvalue weighted by atomic mass is 10.2. The zero-order valence-corrected chi connectivity index (χ0v) is 11.8. The van der Waals surface area contributed by atoms with Crippen molar-refractivity contribution in [1.82, 2.24) is 9.80 Å². The van der Waals surface area contributed by atoms with Crippen molar-refractivity contribution in [2.45, 2.75) is 31.0 Å². The van der Waals surface area contributed by atoms with Gasteiger partial charge in [-0.1, -0.05) is 22.9 Å². The second-order valence-corrected chi connectivity index (χ2v) is 5.91. The molecule has 2 fully saturated rings. The first-order chi connectivity index (χ1) is 8.13. The molecule has 17 heavy (non-hydrogen) atoms. The first kappa shape index (κ1) is 12.9. The van der Waals surface area contributed by atoms with Gasteiger partial charge >= 0.3 is 0 Å². The van der Waals surface area contributed by atoms with Crippen molar-refractivity contribution in [2.24, 2.45) is 5.92 Å². The minimum Gasteiger partial charge on any atom is -0.339 e. The van der Waals surface area contributed by atoms with Gasteiger partial charge in [0.2, 0.25) is 11.8 Å². The molecule has 0 aromatic heterocycles. The van der Waals surface area contributed by atoms with Crippen LogP contribution in [0, 0.1) is 5.92 Å². The maximum absolute atomic E-state index is 11.9. The number of hydrogen-bond acceptors (Lipinski definition) is 2. The number of piperazine rings is 1. The van der Waals surface area contributed by atoms with Crippen molar-refractivity contribution in [1.29, 1.82) is 0 Å². The van der Waals surface area contributed by atoms with Gasteiger partial charge in [0.1, 0.15) is 0 Å². The first-order valence-corrected chi connectivity index (χ1v) is 7.26. The molecular formula is C12H19BrN2O2. The molecule has 4 nitrogen and oxygen atoms in total. The lowest BCUT2D eigenvalue weighted by molar-refractivity contribution is -0.139. The Kier molecular flexibility index (Phi) is 4.07. The van der Waals surface area contributed by atoms with Gasteiger partial charge in [0, 0.05) is 32.1 Å². The Balaban J connectivity index is 1.81. The summed E-state index contributed by atoms with van der Waals surface area (Å²) < 4.78 is 0. The molecule has 1 heterocycles. The predicted molar refractivity (Wildman–Crippen MR) is 68.9 cm³/mol. The highest BCUT2D eigenvalue weighted by Gasteiger charge is 2.35. The van der Waals surface area contributed by atoms with Crippen molar-refractivity contribution in [3.63, 3.8) is 0 Å². The van der Waals surface area contributed by atoms with Crippen LogP contribution in [0.15, 0.2) is 0 Å². The number of amides is 2. The third kappa shape index (κ3) is 3.00. The van der Waals surface area contributed by atoms with Crippen LogP contribution in [0.2, 0.25) is 0 Å². The lowest BCUT2D eigenvalue weighted by Gasteiger charge is -2.35. The third-order valence-electron chi connectivity index (χ3n) is 3.46. The summed E-state index contributed by atoms with van der Waals surface area (Å²) in [4.78, 5) is 27.5. The van der Waals surface area contributed by atoms with Crippen molar-refractivity contribution >= 4 is 27.7 Å². The number of carbonyl (C=O) groups is 2. The summed E-state index contributed by atoms with van der Waals surface area (Å²) in [6, 6.07) is 0. The molecular weight excluding hydrogens is 284 g/mol. The number of alkyl halides is 1. The molecule has 2 aliphatic rings. The Morgan fingerprint density at radius 1 is 1.18 bits per heavy atom. The largest absolute Gasteiger partial charge is 0.339 e. The summed E-state index contributed by atoms with van der Waals surface area (Å²) in [5.41, 5.74) is 0. The van der Waals surface area contributed by atoms with E-state index in [9.17, 15) is 9.59 Å². The Morgan fingerprint density at radius 2 is 1.71 bits per heavy atom. The van der Waals surface area contributed by atoms with E-state index >= 15 is 0 Å². The number of rotatable bonds is 3. The number of nitrogens with zero attached hydrogens (tertiary/aromatic N) is 2. The summed E-state index contributed by atoms with van der Waals surface area (Å²) in [6.45, 7) is 4.75. The molecule has 1 aliphatic heterocycles. The molecule has 0 N–H and O–H groups in total. The van der Waals surface area contributed by atoms with Crippen LogP contribution < -0.4 is 0 Å². The van der Waals surface area contributed by atoms with Gasteiger partial charge in [-0.15, -0.1) is 0 Å². The highest BCUT2D eigenvalue weighted by molar-refractivity contribution is 9.10. The summed E-state index contributed by atoms with van der Waals surface area (Å²) >= 11 is 3.38. The van der Waals surface area contributed by atoms with Crippen LogP contribution in [0.25, 0.3) is 0 Å². The number of halogens is 1. The number of hydrogen-bond donors (Lipinski definition) is 0. The van der Waals surface area contributed by atoms with Gasteiger partial charge in [0.25, 0.3) is 0 Å². The van der Waals surface area contributed by atoms with Gasteiger partial charge in [-0.05, 0) is 19.3 Å². The molecule has 1 unspecified atom stereocenters. The standard InChI is InChI=1S/C12H19BrN2O2/c1-2-10(13)12(17)15-7-5-14(6-8-15)11(16)9-3-4-9/h9-10H,2-8H2,1H3. The van der Waals surface area contributed by atoms with E-state index in [-0.39, 0.29) is 16.7 Å². The van der Waals surface area contributed by atoms with Crippen LogP contribution in [0.3, 0.4) is 0 Å². The minimum absolute atomic E-state index is 0.0758. The van der Waals surface area contributed by atoms with Crippen LogP contribution in [0.1, 0.15) is 26.2 Å². The van der Waals surface area contributed by atoms with E-state index < -0.39 is 0 Å². The van der Waals surface area contributed by atoms with Gasteiger partial charge in [-0.3, -0.25) is 9.59 Å². The molecule has 0 bridgehead atoms. The fourth-order valence-electron chi connectivity index (χ4n) is 2.11. The second-order valence-electron chi connectivity index (χ2n) is 4.80. The van der Waals surface area contributed by atoms with Crippen LogP contribution in [-0.4, -0.2) is 52.6 Å². The fourth-order valence-corrected chi connectivity index (χ4v) is 2.40. The van der Waals surface area contributed by atoms with E-state index in [1.165, 1.54) is 0 Å². The molecule has 5 heteroatoms. The lowest BCUT2D eigenvalue weighted by Crippen LogP contribution is -2.52. The van der Waals surface area contributed by atoms with E-state index in [4.69, 9.17) is 0 Å². The summed E-state index contributed by atoms with van der Waals surface area (Å²) in [5.74, 6) is 0.742. The molecule has 0 spiro atoms. The average molecular weight is 303 g/mol. The van der Waals surface area contributed by atoms with Gasteiger partial charge in [0.05, 0.1) is 4.83 Å². The molecule has 1 atom stereocenters. The molecule has 2 rings (SSSR count). The third-order valence-corrected chi connectivity index (χ3v) is 4.50. The minimum atomic E-state index is -0.0758. The smallest absolute Gasteiger partial charge is 0.236 e. The normalized spacial score (nSPS) is 22.5. The van der Waals surface area contributed by atoms with E-state index in [0.717, 1.165) is 19.3 Å². The Hall–Kier alpha value is -0.580. The summed E-state index contributed by atoms with van der Waals surface area (Å²) in [6.07, 6.45) is 2.91. The quantitative estimate of drug-likeness (QED) is 0.736. The van der Waals surface area contributed by atoms with Crippen molar-refractivity contribution in [3.8, 4) is 0 Å². The van der Waals surface area contributed by atoms with Crippen LogP contribution in [0.5, 0.6) is 0 Å². The van der Waals surface area contributed by atoms with Crippen LogP contribution in [0.4, 0.5) is 0 Å². The Labute approximate surface area is 110 Å². The zero-order chi connectivity index (χ0) is 12.4. The summed E-state index contributed by atoms with van der Waals surface area (Å²) in [5, 5.41) is 0. The Morgan fingerprint density at radius 3 is 2.18 bits per heavy atom. The van der Waals surface area contributed by atoms with Gasteiger partial charge < -0.3 is 9.80 Å². The topological polar surface area (TPSA) is 40.6 Å². The SMILES string of the molecule is CCC(Br)C(=O)N1CCN(C(=O)C2CC2)CC1. The maximum atomic E-state index is 11.9. The first-order valence-electron chi connectivity index (χ1n) is 6.35. The van der Waals surface area contributed by atoms with Gasteiger partial charge in [-0.25, -0.2) is 0 Å². The highest BCUT2D eigenvalue weighted by Crippen LogP contribution is 2.31. The molecule has 0 aromatic rings. The van der Waals surface area contributed by atoms with Crippen LogP contribution in [-0.2, 0) is 9.59 Å². The van der Waals surface area contributed by atoms with E-state index in [2.05, 4.69) is 15.9 Å². The van der Waals surface area contributed by atoms with Crippen molar-refractivity contribution in [3.05, 3.63) is 0 Å². The van der Waals surface area contributed by atoms with E-state index in [0.29, 0.717) is 32.1 Å². The van der Waals surface area contributed by atoms with Gasteiger partial charge in [0.15, 0.2) is 0 Å². The average Bonchev–Trinajstić information content (AvgIpc) is 3.20. The van der Waals surface area contributed by atoms with Crippen molar-refractivity contribution < 1.29 is 9.59 Å². The van der Waals surface area contributed by atoms with E-state index in [1.807, 2.05) is 16.7 Å². The zero-order valence-electron chi connectivity index (χ0n) is 10.2. The van der Waals surface area contributed by atoms with E-state index in [1.54, 1.807) is 0 Å². The molecule has 0 aromatic carbocycles. The second kappa shape index (κ2) is 5.38. The molecule has 1 aliphatic carbocycles. The molecule has 2 amide bonds. The van der Waals surface area contributed by atoms with Crippen molar-refractivity contribution in [2.75, 3.05) is 26.2 Å². The predicted octanol–water partition coefficient (Wildman–Crippen LogP) is 1.24. The fraction of sp³-hybridized carbons (Fsp3) is 0.833. The monoisotopic (exact) mass is 302 g/mol. The molecule has 1 saturated heterocycles.